The standard InChI is InChI=1S/C16H23NO5S/c1-16(5-8-22-9-6-16)11-17-7-4-15(18)13-10-12(23(19,20)21)2-3-14(13)17/h2-3,10,15,18H,4-9,11H2,1H3,(H,19,20,21). The molecule has 1 unspecified atom stereocenters. The Balaban J connectivity index is 1.90. The lowest BCUT2D eigenvalue weighted by Gasteiger charge is -2.42. The first kappa shape index (κ1) is 16.7. The molecule has 6 nitrogen and oxygen atoms in total. The van der Waals surface area contributed by atoms with Gasteiger partial charge in [0, 0.05) is 37.6 Å². The van der Waals surface area contributed by atoms with E-state index < -0.39 is 16.2 Å². The van der Waals surface area contributed by atoms with Crippen LogP contribution in [0.15, 0.2) is 23.1 Å². The van der Waals surface area contributed by atoms with E-state index in [1.807, 2.05) is 0 Å². The minimum absolute atomic E-state index is 0.152. The van der Waals surface area contributed by atoms with Crippen LogP contribution in [0.4, 0.5) is 5.69 Å². The van der Waals surface area contributed by atoms with E-state index >= 15 is 0 Å². The molecule has 0 bridgehead atoms. The fourth-order valence-electron chi connectivity index (χ4n) is 3.45. The van der Waals surface area contributed by atoms with E-state index in [1.165, 1.54) is 12.1 Å². The molecule has 0 aromatic heterocycles. The molecule has 1 atom stereocenters. The summed E-state index contributed by atoms with van der Waals surface area (Å²) in [4.78, 5) is 2.04. The van der Waals surface area contributed by atoms with Crippen LogP contribution in [0.1, 0.15) is 37.9 Å². The summed E-state index contributed by atoms with van der Waals surface area (Å²) in [5.41, 5.74) is 1.57. The molecule has 1 saturated heterocycles. The Labute approximate surface area is 136 Å². The molecule has 0 radical (unpaired) electrons. The smallest absolute Gasteiger partial charge is 0.294 e. The van der Waals surface area contributed by atoms with Crippen molar-refractivity contribution in [2.24, 2.45) is 5.41 Å². The molecular formula is C16H23NO5S. The first-order valence-corrected chi connectivity index (χ1v) is 9.35. The molecule has 0 aliphatic carbocycles. The van der Waals surface area contributed by atoms with Gasteiger partial charge in [-0.15, -0.1) is 0 Å². The zero-order valence-corrected chi connectivity index (χ0v) is 14.1. The number of benzene rings is 1. The van der Waals surface area contributed by atoms with Crippen molar-refractivity contribution in [3.63, 3.8) is 0 Å². The van der Waals surface area contributed by atoms with Crippen LogP contribution in [-0.2, 0) is 14.9 Å². The Morgan fingerprint density at radius 1 is 1.35 bits per heavy atom. The minimum Gasteiger partial charge on any atom is -0.388 e. The lowest BCUT2D eigenvalue weighted by atomic mass is 9.81. The van der Waals surface area contributed by atoms with Crippen LogP contribution in [-0.4, -0.2) is 44.4 Å². The Morgan fingerprint density at radius 3 is 2.70 bits per heavy atom. The fraction of sp³-hybridized carbons (Fsp3) is 0.625. The molecule has 1 aromatic carbocycles. The molecule has 23 heavy (non-hydrogen) atoms. The average Bonchev–Trinajstić information content (AvgIpc) is 2.49. The molecule has 1 aromatic rings. The van der Waals surface area contributed by atoms with Crippen molar-refractivity contribution in [1.82, 2.24) is 0 Å². The van der Waals surface area contributed by atoms with E-state index in [4.69, 9.17) is 4.74 Å². The van der Waals surface area contributed by atoms with Crippen LogP contribution in [0.2, 0.25) is 0 Å². The van der Waals surface area contributed by atoms with Crippen LogP contribution in [0, 0.1) is 5.41 Å². The van der Waals surface area contributed by atoms with E-state index in [-0.39, 0.29) is 10.3 Å². The van der Waals surface area contributed by atoms with Gasteiger partial charge in [-0.2, -0.15) is 8.42 Å². The number of fused-ring (bicyclic) bond motifs is 1. The monoisotopic (exact) mass is 341 g/mol. The van der Waals surface area contributed by atoms with E-state index in [9.17, 15) is 18.1 Å². The predicted octanol–water partition coefficient (Wildman–Crippen LogP) is 1.99. The zero-order chi connectivity index (χ0) is 16.7. The summed E-state index contributed by atoms with van der Waals surface area (Å²) in [5.74, 6) is 0. The number of hydrogen-bond acceptors (Lipinski definition) is 5. The normalized spacial score (nSPS) is 24.3. The number of rotatable bonds is 3. The highest BCUT2D eigenvalue weighted by Crippen LogP contribution is 2.39. The highest BCUT2D eigenvalue weighted by Gasteiger charge is 2.33. The number of aliphatic hydroxyl groups excluding tert-OH is 1. The van der Waals surface area contributed by atoms with Gasteiger partial charge in [-0.3, -0.25) is 4.55 Å². The molecule has 0 amide bonds. The van der Waals surface area contributed by atoms with Gasteiger partial charge in [0.05, 0.1) is 11.0 Å². The topological polar surface area (TPSA) is 87.1 Å². The van der Waals surface area contributed by atoms with E-state index in [0.717, 1.165) is 44.8 Å². The molecule has 3 rings (SSSR count). The van der Waals surface area contributed by atoms with Crippen molar-refractivity contribution < 1.29 is 22.8 Å². The molecule has 1 fully saturated rings. The van der Waals surface area contributed by atoms with Gasteiger partial charge in [0.15, 0.2) is 0 Å². The van der Waals surface area contributed by atoms with Crippen molar-refractivity contribution in [3.8, 4) is 0 Å². The van der Waals surface area contributed by atoms with Crippen molar-refractivity contribution in [2.75, 3.05) is 31.2 Å². The quantitative estimate of drug-likeness (QED) is 0.818. The molecule has 2 heterocycles. The lowest BCUT2D eigenvalue weighted by molar-refractivity contribution is 0.0265. The maximum absolute atomic E-state index is 11.3. The summed E-state index contributed by atoms with van der Waals surface area (Å²) in [5, 5.41) is 10.2. The second kappa shape index (κ2) is 6.05. The minimum atomic E-state index is -4.26. The predicted molar refractivity (Wildman–Crippen MR) is 86.2 cm³/mol. The molecule has 7 heteroatoms. The molecule has 0 spiro atoms. The first-order chi connectivity index (χ1) is 10.8. The summed E-state index contributed by atoms with van der Waals surface area (Å²) in [6, 6.07) is 4.46. The number of anilines is 1. The summed E-state index contributed by atoms with van der Waals surface area (Å²) in [7, 11) is -4.26. The van der Waals surface area contributed by atoms with Crippen molar-refractivity contribution in [3.05, 3.63) is 23.8 Å². The summed E-state index contributed by atoms with van der Waals surface area (Å²) in [6.45, 7) is 5.35. The van der Waals surface area contributed by atoms with Gasteiger partial charge in [0.25, 0.3) is 10.1 Å². The van der Waals surface area contributed by atoms with Gasteiger partial charge in [0.1, 0.15) is 0 Å². The summed E-state index contributed by atoms with van der Waals surface area (Å²) >= 11 is 0. The molecule has 2 aliphatic heterocycles. The van der Waals surface area contributed by atoms with E-state index in [1.54, 1.807) is 6.07 Å². The number of hydrogen-bond donors (Lipinski definition) is 2. The third-order valence-corrected chi connectivity index (χ3v) is 5.79. The van der Waals surface area contributed by atoms with Crippen LogP contribution >= 0.6 is 0 Å². The van der Waals surface area contributed by atoms with Gasteiger partial charge >= 0.3 is 0 Å². The second-order valence-corrected chi connectivity index (χ2v) is 8.27. The number of ether oxygens (including phenoxy) is 1. The fourth-order valence-corrected chi connectivity index (χ4v) is 3.97. The number of aliphatic hydroxyl groups is 1. The van der Waals surface area contributed by atoms with Gasteiger partial charge < -0.3 is 14.7 Å². The van der Waals surface area contributed by atoms with Crippen LogP contribution in [0.25, 0.3) is 0 Å². The molecule has 0 saturated carbocycles. The SMILES string of the molecule is CC1(CN2CCC(O)c3cc(S(=O)(=O)O)ccc32)CCOCC1. The first-order valence-electron chi connectivity index (χ1n) is 7.91. The van der Waals surface area contributed by atoms with Crippen molar-refractivity contribution >= 4 is 15.8 Å². The van der Waals surface area contributed by atoms with Crippen molar-refractivity contribution in [1.29, 1.82) is 0 Å². The van der Waals surface area contributed by atoms with E-state index in [0.29, 0.717) is 12.0 Å². The zero-order valence-electron chi connectivity index (χ0n) is 13.2. The van der Waals surface area contributed by atoms with Gasteiger partial charge in [0.2, 0.25) is 0 Å². The van der Waals surface area contributed by atoms with Crippen molar-refractivity contribution in [2.45, 2.75) is 37.2 Å². The maximum Gasteiger partial charge on any atom is 0.294 e. The molecule has 2 aliphatic rings. The van der Waals surface area contributed by atoms with Crippen LogP contribution in [0.3, 0.4) is 0 Å². The summed E-state index contributed by atoms with van der Waals surface area (Å²) < 4.78 is 37.3. The van der Waals surface area contributed by atoms with Gasteiger partial charge in [-0.1, -0.05) is 6.92 Å². The average molecular weight is 341 g/mol. The van der Waals surface area contributed by atoms with Gasteiger partial charge in [-0.25, -0.2) is 0 Å². The second-order valence-electron chi connectivity index (χ2n) is 6.84. The Bertz CT molecular complexity index is 682. The Morgan fingerprint density at radius 2 is 2.04 bits per heavy atom. The third-order valence-electron chi connectivity index (χ3n) is 4.94. The van der Waals surface area contributed by atoms with Crippen LogP contribution < -0.4 is 4.90 Å². The van der Waals surface area contributed by atoms with Gasteiger partial charge in [-0.05, 0) is 42.9 Å². The highest BCUT2D eigenvalue weighted by molar-refractivity contribution is 7.85. The Kier molecular flexibility index (Phi) is 4.39. The highest BCUT2D eigenvalue weighted by atomic mass is 32.2. The number of nitrogens with zero attached hydrogens (tertiary/aromatic N) is 1. The molecular weight excluding hydrogens is 318 g/mol. The lowest BCUT2D eigenvalue weighted by Crippen LogP contribution is -2.42. The summed E-state index contributed by atoms with van der Waals surface area (Å²) in [6.07, 6.45) is 1.83. The third kappa shape index (κ3) is 3.52. The molecule has 2 N–H and O–H groups in total. The largest absolute Gasteiger partial charge is 0.388 e. The Hall–Kier alpha value is -1.15. The van der Waals surface area contributed by atoms with E-state index in [2.05, 4.69) is 11.8 Å². The van der Waals surface area contributed by atoms with Crippen LogP contribution in [0.5, 0.6) is 0 Å². The molecule has 128 valence electrons. The maximum atomic E-state index is 11.3.